The van der Waals surface area contributed by atoms with Crippen molar-refractivity contribution in [2.75, 3.05) is 6.61 Å². The Morgan fingerprint density at radius 2 is 1.81 bits per heavy atom. The predicted octanol–water partition coefficient (Wildman–Crippen LogP) is 3.91. The van der Waals surface area contributed by atoms with Gasteiger partial charge < -0.3 is 14.2 Å². The third kappa shape index (κ3) is 4.54. The summed E-state index contributed by atoms with van der Waals surface area (Å²) in [6.45, 7) is 7.74. The normalized spacial score (nSPS) is 27.9. The van der Waals surface area contributed by atoms with Gasteiger partial charge in [-0.1, -0.05) is 35.9 Å². The van der Waals surface area contributed by atoms with Crippen molar-refractivity contribution in [2.45, 2.75) is 58.5 Å². The molecule has 2 heterocycles. The van der Waals surface area contributed by atoms with Crippen LogP contribution < -0.4 is 0 Å². The van der Waals surface area contributed by atoms with E-state index in [4.69, 9.17) is 14.2 Å². The molecule has 0 aromatic heterocycles. The second-order valence-corrected chi connectivity index (χ2v) is 7.51. The number of aryl methyl sites for hydroxylation is 2. The number of carbonyl (C=O) groups is 2. The minimum atomic E-state index is -0.801. The highest BCUT2D eigenvalue weighted by Gasteiger charge is 2.43. The van der Waals surface area contributed by atoms with Crippen LogP contribution in [0.5, 0.6) is 0 Å². The first-order valence-corrected chi connectivity index (χ1v) is 9.28. The Morgan fingerprint density at radius 1 is 1.04 bits per heavy atom. The fourth-order valence-corrected chi connectivity index (χ4v) is 3.57. The Labute approximate surface area is 160 Å². The average molecular weight is 370 g/mol. The van der Waals surface area contributed by atoms with Gasteiger partial charge in [0.25, 0.3) is 0 Å². The van der Waals surface area contributed by atoms with Gasteiger partial charge in [-0.3, -0.25) is 4.79 Å². The first-order valence-electron chi connectivity index (χ1n) is 9.28. The van der Waals surface area contributed by atoms with Gasteiger partial charge in [-0.05, 0) is 57.7 Å². The van der Waals surface area contributed by atoms with E-state index in [1.165, 1.54) is 6.08 Å². The van der Waals surface area contributed by atoms with Crippen LogP contribution in [0.3, 0.4) is 0 Å². The maximum absolute atomic E-state index is 12.5. The Balaban J connectivity index is 1.96. The van der Waals surface area contributed by atoms with E-state index in [-0.39, 0.29) is 24.5 Å². The molecule has 144 valence electrons. The molecule has 27 heavy (non-hydrogen) atoms. The number of hydrogen-bond acceptors (Lipinski definition) is 5. The van der Waals surface area contributed by atoms with Crippen molar-refractivity contribution in [1.82, 2.24) is 0 Å². The maximum Gasteiger partial charge on any atom is 0.339 e. The second kappa shape index (κ2) is 7.79. The van der Waals surface area contributed by atoms with Gasteiger partial charge >= 0.3 is 5.97 Å². The van der Waals surface area contributed by atoms with Crippen LogP contribution in [0.4, 0.5) is 0 Å². The monoisotopic (exact) mass is 370 g/mol. The van der Waals surface area contributed by atoms with E-state index in [0.717, 1.165) is 16.7 Å². The zero-order valence-corrected chi connectivity index (χ0v) is 16.3. The molecule has 2 atom stereocenters. The van der Waals surface area contributed by atoms with Crippen molar-refractivity contribution >= 4 is 17.8 Å². The van der Waals surface area contributed by atoms with Crippen LogP contribution in [0.25, 0.3) is 6.08 Å². The Hall–Kier alpha value is -2.24. The first kappa shape index (κ1) is 19.5. The molecule has 0 saturated carbocycles. The lowest BCUT2D eigenvalue weighted by Gasteiger charge is -2.16. The van der Waals surface area contributed by atoms with E-state index in [1.807, 2.05) is 52.0 Å². The van der Waals surface area contributed by atoms with Gasteiger partial charge in [-0.25, -0.2) is 4.79 Å². The van der Waals surface area contributed by atoms with Crippen molar-refractivity contribution in [3.8, 4) is 0 Å². The maximum atomic E-state index is 12.5. The molecule has 1 aromatic rings. The molecule has 3 rings (SSSR count). The van der Waals surface area contributed by atoms with E-state index in [0.29, 0.717) is 18.4 Å². The second-order valence-electron chi connectivity index (χ2n) is 7.51. The summed E-state index contributed by atoms with van der Waals surface area (Å²) in [7, 11) is 0. The summed E-state index contributed by atoms with van der Waals surface area (Å²) in [6.07, 6.45) is 7.01. The lowest BCUT2D eigenvalue weighted by atomic mass is 9.97. The SMILES string of the molecule is Cc1cc(C)c2c(c1)/C=C/C[C@@H]1OC(C)(C)O[C@@H]1C(=O)/C=C\CCOC2=O. The molecular formula is C22H26O5. The minimum absolute atomic E-state index is 0.130. The number of rotatable bonds is 0. The summed E-state index contributed by atoms with van der Waals surface area (Å²) in [4.78, 5) is 25.0. The molecule has 0 spiro atoms. The van der Waals surface area contributed by atoms with Crippen LogP contribution in [0.2, 0.25) is 0 Å². The quantitative estimate of drug-likeness (QED) is 0.648. The molecule has 5 nitrogen and oxygen atoms in total. The molecule has 5 heteroatoms. The van der Waals surface area contributed by atoms with Gasteiger partial charge in [-0.15, -0.1) is 0 Å². The number of fused-ring (bicyclic) bond motifs is 2. The summed E-state index contributed by atoms with van der Waals surface area (Å²) >= 11 is 0. The number of ketones is 1. The van der Waals surface area contributed by atoms with Crippen molar-refractivity contribution in [1.29, 1.82) is 0 Å². The van der Waals surface area contributed by atoms with Crippen LogP contribution in [0, 0.1) is 13.8 Å². The van der Waals surface area contributed by atoms with Crippen molar-refractivity contribution in [3.05, 3.63) is 52.6 Å². The van der Waals surface area contributed by atoms with Gasteiger partial charge in [0.05, 0.1) is 18.3 Å². The number of esters is 1. The van der Waals surface area contributed by atoms with Gasteiger partial charge in [-0.2, -0.15) is 0 Å². The van der Waals surface area contributed by atoms with Gasteiger partial charge in [0.1, 0.15) is 6.10 Å². The molecule has 0 N–H and O–H groups in total. The van der Waals surface area contributed by atoms with Crippen molar-refractivity contribution < 1.29 is 23.8 Å². The lowest BCUT2D eigenvalue weighted by molar-refractivity contribution is -0.152. The van der Waals surface area contributed by atoms with Crippen LogP contribution >= 0.6 is 0 Å². The third-order valence-electron chi connectivity index (χ3n) is 4.64. The molecule has 0 aliphatic carbocycles. The summed E-state index contributed by atoms with van der Waals surface area (Å²) in [5.41, 5.74) is 3.35. The number of benzene rings is 1. The largest absolute Gasteiger partial charge is 0.462 e. The Kier molecular flexibility index (Phi) is 5.63. The van der Waals surface area contributed by atoms with Gasteiger partial charge in [0.15, 0.2) is 11.6 Å². The van der Waals surface area contributed by atoms with Crippen LogP contribution in [-0.2, 0) is 19.0 Å². The van der Waals surface area contributed by atoms with Crippen LogP contribution in [0.15, 0.2) is 30.4 Å². The molecule has 2 aliphatic rings. The number of hydrogen-bond donors (Lipinski definition) is 0. The topological polar surface area (TPSA) is 61.8 Å². The summed E-state index contributed by atoms with van der Waals surface area (Å²) in [6, 6.07) is 3.94. The average Bonchev–Trinajstić information content (AvgIpc) is 2.88. The zero-order chi connectivity index (χ0) is 19.6. The highest BCUT2D eigenvalue weighted by molar-refractivity contribution is 5.96. The Bertz CT molecular complexity index is 803. The molecule has 0 bridgehead atoms. The van der Waals surface area contributed by atoms with Gasteiger partial charge in [0.2, 0.25) is 0 Å². The lowest BCUT2D eigenvalue weighted by Crippen LogP contribution is -2.30. The van der Waals surface area contributed by atoms with Crippen molar-refractivity contribution in [2.24, 2.45) is 0 Å². The fourth-order valence-electron chi connectivity index (χ4n) is 3.57. The molecule has 1 fully saturated rings. The summed E-state index contributed by atoms with van der Waals surface area (Å²) in [5.74, 6) is -1.28. The molecule has 1 saturated heterocycles. The van der Waals surface area contributed by atoms with Gasteiger partial charge in [0, 0.05) is 0 Å². The third-order valence-corrected chi connectivity index (χ3v) is 4.64. The van der Waals surface area contributed by atoms with Crippen LogP contribution in [-0.4, -0.2) is 36.4 Å². The van der Waals surface area contributed by atoms with Crippen LogP contribution in [0.1, 0.15) is 53.7 Å². The minimum Gasteiger partial charge on any atom is -0.462 e. The molecule has 0 amide bonds. The summed E-state index contributed by atoms with van der Waals surface area (Å²) in [5, 5.41) is 0. The summed E-state index contributed by atoms with van der Waals surface area (Å²) < 4.78 is 17.1. The van der Waals surface area contributed by atoms with Crippen molar-refractivity contribution in [3.63, 3.8) is 0 Å². The van der Waals surface area contributed by atoms with E-state index >= 15 is 0 Å². The zero-order valence-electron chi connectivity index (χ0n) is 16.3. The first-order chi connectivity index (χ1) is 12.8. The standard InChI is InChI=1S/C22H26O5/c1-14-12-15(2)19-16(13-14)8-7-10-18-20(27-22(3,4)26-18)17(23)9-5-6-11-25-21(19)24/h5,7-9,12-13,18,20H,6,10-11H2,1-4H3/b8-7+,9-5-/t18-,20+/m0/s1. The smallest absolute Gasteiger partial charge is 0.339 e. The highest BCUT2D eigenvalue weighted by atomic mass is 16.8. The number of ether oxygens (including phenoxy) is 3. The van der Waals surface area contributed by atoms with E-state index in [9.17, 15) is 9.59 Å². The molecule has 2 aliphatic heterocycles. The number of carbonyl (C=O) groups excluding carboxylic acids is 2. The molecular weight excluding hydrogens is 344 g/mol. The molecule has 1 aromatic carbocycles. The molecule has 0 unspecified atom stereocenters. The molecule has 0 radical (unpaired) electrons. The Morgan fingerprint density at radius 3 is 2.59 bits per heavy atom. The number of cyclic esters (lactones) is 1. The van der Waals surface area contributed by atoms with E-state index < -0.39 is 11.9 Å². The van der Waals surface area contributed by atoms with E-state index in [1.54, 1.807) is 6.08 Å². The van der Waals surface area contributed by atoms with E-state index in [2.05, 4.69) is 0 Å². The highest BCUT2D eigenvalue weighted by Crippen LogP contribution is 2.31. The predicted molar refractivity (Wildman–Crippen MR) is 102 cm³/mol. The fraction of sp³-hybridized carbons (Fsp3) is 0.455.